The summed E-state index contributed by atoms with van der Waals surface area (Å²) >= 11 is 5.59. The number of ether oxygens (including phenoxy) is 1. The van der Waals surface area contributed by atoms with Crippen molar-refractivity contribution in [1.29, 1.82) is 0 Å². The van der Waals surface area contributed by atoms with E-state index in [-0.39, 0.29) is 11.9 Å². The molecular formula is C18H26N5O2S+. The monoisotopic (exact) mass is 376 g/mol. The highest BCUT2D eigenvalue weighted by Crippen LogP contribution is 2.15. The van der Waals surface area contributed by atoms with Crippen molar-refractivity contribution in [1.82, 2.24) is 19.8 Å². The zero-order chi connectivity index (χ0) is 18.7. The molecule has 2 aromatic rings. The summed E-state index contributed by atoms with van der Waals surface area (Å²) in [5.74, 6) is -0.130. The summed E-state index contributed by atoms with van der Waals surface area (Å²) in [6.45, 7) is 8.73. The van der Waals surface area contributed by atoms with Crippen LogP contribution in [0.15, 0.2) is 18.2 Å². The van der Waals surface area contributed by atoms with E-state index < -0.39 is 0 Å². The van der Waals surface area contributed by atoms with Gasteiger partial charge in [0.15, 0.2) is 6.67 Å². The molecule has 0 amide bonds. The van der Waals surface area contributed by atoms with Crippen molar-refractivity contribution < 1.29 is 14.4 Å². The number of hydrogen-bond donors (Lipinski definition) is 1. The van der Waals surface area contributed by atoms with E-state index in [1.165, 1.54) is 10.5 Å². The number of carbonyl (C=O) groups is 1. The molecule has 1 aromatic carbocycles. The van der Waals surface area contributed by atoms with Crippen LogP contribution in [0, 0.1) is 24.5 Å². The minimum Gasteiger partial charge on any atom is -0.466 e. The number of piperidine rings is 1. The average Bonchev–Trinajstić information content (AvgIpc) is 2.96. The predicted octanol–water partition coefficient (Wildman–Crippen LogP) is 1.23. The van der Waals surface area contributed by atoms with Gasteiger partial charge in [0.1, 0.15) is 5.92 Å². The molecule has 0 saturated carbocycles. The number of esters is 1. The van der Waals surface area contributed by atoms with Crippen molar-refractivity contribution in [3.8, 4) is 5.69 Å². The third-order valence-electron chi connectivity index (χ3n) is 4.83. The summed E-state index contributed by atoms with van der Waals surface area (Å²) in [7, 11) is 0. The van der Waals surface area contributed by atoms with Crippen molar-refractivity contribution in [2.75, 3.05) is 19.7 Å². The first-order valence-electron chi connectivity index (χ1n) is 9.10. The molecule has 0 bridgehead atoms. The van der Waals surface area contributed by atoms with Gasteiger partial charge < -0.3 is 9.64 Å². The second kappa shape index (κ2) is 8.09. The number of nitrogens with one attached hydrogen (secondary N) is 1. The molecule has 8 heteroatoms. The number of likely N-dealkylation sites (tertiary alicyclic amines) is 1. The lowest BCUT2D eigenvalue weighted by atomic mass is 9.99. The van der Waals surface area contributed by atoms with E-state index in [9.17, 15) is 4.79 Å². The van der Waals surface area contributed by atoms with Gasteiger partial charge in [-0.15, -0.1) is 0 Å². The van der Waals surface area contributed by atoms with Gasteiger partial charge in [-0.3, -0.25) is 4.79 Å². The van der Waals surface area contributed by atoms with Crippen LogP contribution in [-0.4, -0.2) is 45.5 Å². The number of quaternary nitrogens is 1. The van der Waals surface area contributed by atoms with Crippen molar-refractivity contribution in [2.24, 2.45) is 5.92 Å². The maximum atomic E-state index is 12.0. The predicted molar refractivity (Wildman–Crippen MR) is 99.7 cm³/mol. The number of tetrazole rings is 1. The molecule has 1 aliphatic rings. The van der Waals surface area contributed by atoms with Crippen molar-refractivity contribution in [2.45, 2.75) is 40.3 Å². The number of hydrogen-bond acceptors (Lipinski definition) is 5. The zero-order valence-electron chi connectivity index (χ0n) is 15.6. The maximum Gasteiger partial charge on any atom is 0.314 e. The largest absolute Gasteiger partial charge is 0.466 e. The number of nitrogens with zero attached hydrogens (tertiary/aromatic N) is 4. The van der Waals surface area contributed by atoms with Crippen LogP contribution < -0.4 is 4.90 Å². The number of aryl methyl sites for hydroxylation is 2. The van der Waals surface area contributed by atoms with Gasteiger partial charge in [0.25, 0.3) is 0 Å². The summed E-state index contributed by atoms with van der Waals surface area (Å²) in [4.78, 5) is 13.3. The van der Waals surface area contributed by atoms with Crippen LogP contribution in [0.2, 0.25) is 0 Å². The molecule has 1 saturated heterocycles. The fourth-order valence-electron chi connectivity index (χ4n) is 3.54. The summed E-state index contributed by atoms with van der Waals surface area (Å²) in [5.41, 5.74) is 3.26. The maximum absolute atomic E-state index is 12.0. The Balaban J connectivity index is 1.74. The van der Waals surface area contributed by atoms with Crippen LogP contribution >= 0.6 is 12.2 Å². The van der Waals surface area contributed by atoms with Crippen molar-refractivity contribution in [3.63, 3.8) is 0 Å². The molecule has 1 fully saturated rings. The molecule has 2 heterocycles. The van der Waals surface area contributed by atoms with Crippen LogP contribution in [0.3, 0.4) is 0 Å². The van der Waals surface area contributed by atoms with E-state index in [0.29, 0.717) is 18.0 Å². The summed E-state index contributed by atoms with van der Waals surface area (Å²) < 4.78 is 9.20. The van der Waals surface area contributed by atoms with E-state index >= 15 is 0 Å². The Morgan fingerprint density at radius 1 is 1.38 bits per heavy atom. The summed E-state index contributed by atoms with van der Waals surface area (Å²) in [5, 5.41) is 8.49. The van der Waals surface area contributed by atoms with Crippen molar-refractivity contribution >= 4 is 18.2 Å². The van der Waals surface area contributed by atoms with E-state index in [2.05, 4.69) is 23.4 Å². The van der Waals surface area contributed by atoms with Gasteiger partial charge in [-0.1, -0.05) is 17.7 Å². The highest BCUT2D eigenvalue weighted by molar-refractivity contribution is 7.71. The molecule has 140 valence electrons. The van der Waals surface area contributed by atoms with Crippen LogP contribution in [0.1, 0.15) is 30.9 Å². The summed E-state index contributed by atoms with van der Waals surface area (Å²) in [6, 6.07) is 6.17. The van der Waals surface area contributed by atoms with Gasteiger partial charge in [-0.2, -0.15) is 9.36 Å². The van der Waals surface area contributed by atoms with Gasteiger partial charge in [0, 0.05) is 0 Å². The second-order valence-corrected chi connectivity index (χ2v) is 7.28. The van der Waals surface area contributed by atoms with E-state index in [4.69, 9.17) is 17.0 Å². The molecule has 1 unspecified atom stereocenters. The first-order chi connectivity index (χ1) is 12.5. The van der Waals surface area contributed by atoms with E-state index in [1.54, 1.807) is 9.36 Å². The standard InChI is InChI=1S/C18H25N5O2S/c1-4-25-17(24)15-6-5-9-21(11-15)12-22-18(26)23(20-19-22)16-8-7-13(2)10-14(16)3/h7-8,10,15H,4-6,9,11-12H2,1-3H3/p+1/t15-/m1/s1. The van der Waals surface area contributed by atoms with Crippen LogP contribution in [0.4, 0.5) is 0 Å². The third-order valence-corrected chi connectivity index (χ3v) is 5.21. The van der Waals surface area contributed by atoms with E-state index in [1.807, 2.05) is 26.0 Å². The van der Waals surface area contributed by atoms with E-state index in [0.717, 1.165) is 37.2 Å². The topological polar surface area (TPSA) is 66.4 Å². The highest BCUT2D eigenvalue weighted by Gasteiger charge is 2.30. The molecule has 0 spiro atoms. The van der Waals surface area contributed by atoms with Gasteiger partial charge in [-0.25, -0.2) is 0 Å². The van der Waals surface area contributed by atoms with Gasteiger partial charge in [-0.05, 0) is 67.9 Å². The Morgan fingerprint density at radius 2 is 2.19 bits per heavy atom. The molecule has 1 aliphatic heterocycles. The normalized spacial score (nSPS) is 20.1. The number of aromatic nitrogens is 4. The van der Waals surface area contributed by atoms with Crippen LogP contribution in [-0.2, 0) is 16.2 Å². The summed E-state index contributed by atoms with van der Waals surface area (Å²) in [6.07, 6.45) is 1.89. The first kappa shape index (κ1) is 18.7. The minimum absolute atomic E-state index is 0.0396. The second-order valence-electron chi connectivity index (χ2n) is 6.92. The molecule has 1 aromatic heterocycles. The molecule has 26 heavy (non-hydrogen) atoms. The Morgan fingerprint density at radius 3 is 2.92 bits per heavy atom. The number of rotatable bonds is 5. The average molecular weight is 377 g/mol. The Bertz CT molecular complexity index is 844. The SMILES string of the molecule is CCOC(=O)[C@@H]1CCC[NH+](Cn2nnn(-c3ccc(C)cc3C)c2=S)C1. The number of benzene rings is 1. The van der Waals surface area contributed by atoms with Crippen LogP contribution in [0.5, 0.6) is 0 Å². The fraction of sp³-hybridized carbons (Fsp3) is 0.556. The highest BCUT2D eigenvalue weighted by atomic mass is 32.1. The molecule has 7 nitrogen and oxygen atoms in total. The molecule has 3 rings (SSSR count). The molecule has 0 aliphatic carbocycles. The molecule has 2 atom stereocenters. The van der Waals surface area contributed by atoms with Crippen LogP contribution in [0.25, 0.3) is 5.69 Å². The third kappa shape index (κ3) is 4.02. The lowest BCUT2D eigenvalue weighted by Gasteiger charge is -2.28. The zero-order valence-corrected chi connectivity index (χ0v) is 16.4. The number of carbonyl (C=O) groups excluding carboxylic acids is 1. The molecule has 0 radical (unpaired) electrons. The Kier molecular flexibility index (Phi) is 5.83. The van der Waals surface area contributed by atoms with Crippen molar-refractivity contribution in [3.05, 3.63) is 34.1 Å². The minimum atomic E-state index is -0.0905. The lowest BCUT2D eigenvalue weighted by molar-refractivity contribution is -0.930. The Hall–Kier alpha value is -2.06. The quantitative estimate of drug-likeness (QED) is 0.628. The van der Waals surface area contributed by atoms with Gasteiger partial charge >= 0.3 is 5.97 Å². The first-order valence-corrected chi connectivity index (χ1v) is 9.51. The van der Waals surface area contributed by atoms with Gasteiger partial charge in [0.05, 0.1) is 25.4 Å². The fourth-order valence-corrected chi connectivity index (χ4v) is 3.77. The molecule has 1 N–H and O–H groups in total. The van der Waals surface area contributed by atoms with Gasteiger partial charge in [0.2, 0.25) is 4.77 Å². The molecular weight excluding hydrogens is 350 g/mol. The lowest BCUT2D eigenvalue weighted by Crippen LogP contribution is -3.13. The smallest absolute Gasteiger partial charge is 0.314 e. The Labute approximate surface area is 158 Å².